The third kappa shape index (κ3) is 4.50. The van der Waals surface area contributed by atoms with Crippen LogP contribution in [0.5, 0.6) is 0 Å². The van der Waals surface area contributed by atoms with Crippen LogP contribution in [-0.2, 0) is 10.0 Å². The number of rotatable bonds is 5. The molecule has 4 rings (SSSR count). The summed E-state index contributed by atoms with van der Waals surface area (Å²) in [5, 5.41) is 2.88. The number of nitrogens with zero attached hydrogens (tertiary/aromatic N) is 3. The molecule has 2 fully saturated rings. The van der Waals surface area contributed by atoms with E-state index in [1.54, 1.807) is 12.1 Å². The van der Waals surface area contributed by atoms with Crippen molar-refractivity contribution >= 4 is 27.3 Å². The molecule has 2 heterocycles. The molecule has 0 bridgehead atoms. The lowest BCUT2D eigenvalue weighted by atomic mass is 10.2. The van der Waals surface area contributed by atoms with Crippen molar-refractivity contribution in [3.05, 3.63) is 54.1 Å². The molecule has 0 spiro atoms. The standard InChI is InChI=1S/C22H28N4O3S/c1-24-14-16-25(17-15-24)20-8-6-19(7-9-20)23-22(27)18-4-10-21(11-5-18)30(28,29)26-12-2-3-13-26/h4-11H,2-3,12-17H2,1H3,(H,23,27). The Balaban J connectivity index is 1.39. The fourth-order valence-corrected chi connectivity index (χ4v) is 5.40. The summed E-state index contributed by atoms with van der Waals surface area (Å²) < 4.78 is 26.7. The van der Waals surface area contributed by atoms with Crippen LogP contribution in [0, 0.1) is 0 Å². The molecule has 2 aromatic carbocycles. The normalized spacial score (nSPS) is 18.5. The van der Waals surface area contributed by atoms with Gasteiger partial charge in [-0.25, -0.2) is 8.42 Å². The maximum Gasteiger partial charge on any atom is 0.255 e. The van der Waals surface area contributed by atoms with Gasteiger partial charge < -0.3 is 15.1 Å². The minimum atomic E-state index is -3.47. The fraction of sp³-hybridized carbons (Fsp3) is 0.409. The third-order valence-corrected chi connectivity index (χ3v) is 7.73. The highest BCUT2D eigenvalue weighted by atomic mass is 32.2. The van der Waals surface area contributed by atoms with Crippen LogP contribution in [0.15, 0.2) is 53.4 Å². The molecule has 160 valence electrons. The monoisotopic (exact) mass is 428 g/mol. The molecule has 2 saturated heterocycles. The molecule has 1 amide bonds. The Morgan fingerprint density at radius 1 is 0.833 bits per heavy atom. The molecule has 0 radical (unpaired) electrons. The van der Waals surface area contributed by atoms with Gasteiger partial charge in [0.05, 0.1) is 4.90 Å². The number of nitrogens with one attached hydrogen (secondary N) is 1. The van der Waals surface area contributed by atoms with Gasteiger partial charge in [-0.05, 0) is 68.4 Å². The zero-order valence-electron chi connectivity index (χ0n) is 17.3. The summed E-state index contributed by atoms with van der Waals surface area (Å²) >= 11 is 0. The molecular weight excluding hydrogens is 400 g/mol. The molecule has 1 N–H and O–H groups in total. The number of sulfonamides is 1. The van der Waals surface area contributed by atoms with Gasteiger partial charge in [-0.1, -0.05) is 0 Å². The van der Waals surface area contributed by atoms with Gasteiger partial charge in [-0.3, -0.25) is 4.79 Å². The van der Waals surface area contributed by atoms with Crippen LogP contribution >= 0.6 is 0 Å². The lowest BCUT2D eigenvalue weighted by molar-refractivity contribution is 0.102. The van der Waals surface area contributed by atoms with Gasteiger partial charge >= 0.3 is 0 Å². The Morgan fingerprint density at radius 2 is 1.43 bits per heavy atom. The van der Waals surface area contributed by atoms with Crippen LogP contribution < -0.4 is 10.2 Å². The van der Waals surface area contributed by atoms with Gasteiger partial charge in [0.2, 0.25) is 10.0 Å². The Hall–Kier alpha value is -2.42. The van der Waals surface area contributed by atoms with Gasteiger partial charge in [0, 0.05) is 56.2 Å². The first-order valence-corrected chi connectivity index (χ1v) is 11.8. The average Bonchev–Trinajstić information content (AvgIpc) is 3.31. The molecule has 0 unspecified atom stereocenters. The van der Waals surface area contributed by atoms with Gasteiger partial charge in [-0.15, -0.1) is 0 Å². The number of likely N-dealkylation sites (N-methyl/N-ethyl adjacent to an activating group) is 1. The van der Waals surface area contributed by atoms with Crippen LogP contribution in [-0.4, -0.2) is 69.8 Å². The summed E-state index contributed by atoms with van der Waals surface area (Å²) in [4.78, 5) is 17.5. The number of piperazine rings is 1. The van der Waals surface area contributed by atoms with Gasteiger partial charge in [0.15, 0.2) is 0 Å². The van der Waals surface area contributed by atoms with Crippen molar-refractivity contribution in [1.82, 2.24) is 9.21 Å². The summed E-state index contributed by atoms with van der Waals surface area (Å²) in [6.07, 6.45) is 1.79. The Labute approximate surface area is 178 Å². The van der Waals surface area contributed by atoms with Crippen molar-refractivity contribution in [3.8, 4) is 0 Å². The van der Waals surface area contributed by atoms with Crippen molar-refractivity contribution in [3.63, 3.8) is 0 Å². The Kier molecular flexibility index (Phi) is 6.08. The smallest absolute Gasteiger partial charge is 0.255 e. The quantitative estimate of drug-likeness (QED) is 0.792. The number of carbonyl (C=O) groups is 1. The van der Waals surface area contributed by atoms with Crippen molar-refractivity contribution < 1.29 is 13.2 Å². The molecule has 0 aliphatic carbocycles. The minimum absolute atomic E-state index is 0.234. The molecule has 0 atom stereocenters. The first kappa shape index (κ1) is 20.8. The second kappa shape index (κ2) is 8.75. The van der Waals surface area contributed by atoms with Crippen LogP contribution in [0.1, 0.15) is 23.2 Å². The van der Waals surface area contributed by atoms with E-state index in [0.29, 0.717) is 24.3 Å². The highest BCUT2D eigenvalue weighted by Gasteiger charge is 2.27. The van der Waals surface area contributed by atoms with Crippen molar-refractivity contribution in [2.45, 2.75) is 17.7 Å². The zero-order valence-corrected chi connectivity index (χ0v) is 18.1. The fourth-order valence-electron chi connectivity index (χ4n) is 3.88. The van der Waals surface area contributed by atoms with E-state index in [1.165, 1.54) is 16.4 Å². The average molecular weight is 429 g/mol. The lowest BCUT2D eigenvalue weighted by Gasteiger charge is -2.34. The SMILES string of the molecule is CN1CCN(c2ccc(NC(=O)c3ccc(S(=O)(=O)N4CCCC4)cc3)cc2)CC1. The van der Waals surface area contributed by atoms with E-state index in [1.807, 2.05) is 24.3 Å². The maximum absolute atomic E-state index is 12.6. The van der Waals surface area contributed by atoms with Gasteiger partial charge in [-0.2, -0.15) is 4.31 Å². The molecule has 7 nitrogen and oxygen atoms in total. The molecule has 2 aliphatic heterocycles. The van der Waals surface area contributed by atoms with Crippen LogP contribution in [0.2, 0.25) is 0 Å². The predicted molar refractivity (Wildman–Crippen MR) is 119 cm³/mol. The van der Waals surface area contributed by atoms with Gasteiger partial charge in [0.25, 0.3) is 5.91 Å². The van der Waals surface area contributed by atoms with Crippen LogP contribution in [0.25, 0.3) is 0 Å². The zero-order chi connectivity index (χ0) is 21.1. The summed E-state index contributed by atoms with van der Waals surface area (Å²) in [6.45, 7) is 5.21. The lowest BCUT2D eigenvalue weighted by Crippen LogP contribution is -2.44. The van der Waals surface area contributed by atoms with E-state index in [2.05, 4.69) is 22.2 Å². The number of hydrogen-bond donors (Lipinski definition) is 1. The first-order valence-electron chi connectivity index (χ1n) is 10.4. The molecule has 30 heavy (non-hydrogen) atoms. The van der Waals surface area contributed by atoms with Crippen LogP contribution in [0.4, 0.5) is 11.4 Å². The van der Waals surface area contributed by atoms with E-state index in [4.69, 9.17) is 0 Å². The topological polar surface area (TPSA) is 73.0 Å². The van der Waals surface area contributed by atoms with Crippen LogP contribution in [0.3, 0.4) is 0 Å². The molecule has 0 aromatic heterocycles. The Bertz CT molecular complexity index is 976. The number of anilines is 2. The van der Waals surface area contributed by atoms with E-state index in [9.17, 15) is 13.2 Å². The summed E-state index contributed by atoms with van der Waals surface area (Å²) in [5.41, 5.74) is 2.29. The van der Waals surface area contributed by atoms with E-state index < -0.39 is 10.0 Å². The number of hydrogen-bond acceptors (Lipinski definition) is 5. The number of benzene rings is 2. The summed E-state index contributed by atoms with van der Waals surface area (Å²) in [6, 6.07) is 14.0. The number of amides is 1. The van der Waals surface area contributed by atoms with Crippen molar-refractivity contribution in [2.75, 3.05) is 56.5 Å². The highest BCUT2D eigenvalue weighted by molar-refractivity contribution is 7.89. The highest BCUT2D eigenvalue weighted by Crippen LogP contribution is 2.22. The largest absolute Gasteiger partial charge is 0.369 e. The molecule has 2 aliphatic rings. The number of carbonyl (C=O) groups excluding carboxylic acids is 1. The molecule has 2 aromatic rings. The summed E-state index contributed by atoms with van der Waals surface area (Å²) in [5.74, 6) is -0.257. The maximum atomic E-state index is 12.6. The van der Waals surface area contributed by atoms with Crippen molar-refractivity contribution in [2.24, 2.45) is 0 Å². The third-order valence-electron chi connectivity index (χ3n) is 5.81. The van der Waals surface area contributed by atoms with E-state index in [-0.39, 0.29) is 10.8 Å². The second-order valence-electron chi connectivity index (χ2n) is 7.93. The van der Waals surface area contributed by atoms with E-state index >= 15 is 0 Å². The predicted octanol–water partition coefficient (Wildman–Crippen LogP) is 2.48. The summed E-state index contributed by atoms with van der Waals surface area (Å²) in [7, 11) is -1.34. The van der Waals surface area contributed by atoms with E-state index in [0.717, 1.165) is 44.7 Å². The first-order chi connectivity index (χ1) is 14.4. The Morgan fingerprint density at radius 3 is 2.03 bits per heavy atom. The van der Waals surface area contributed by atoms with Gasteiger partial charge in [0.1, 0.15) is 0 Å². The molecule has 8 heteroatoms. The molecule has 0 saturated carbocycles. The minimum Gasteiger partial charge on any atom is -0.369 e. The second-order valence-corrected chi connectivity index (χ2v) is 9.86. The van der Waals surface area contributed by atoms with Crippen molar-refractivity contribution in [1.29, 1.82) is 0 Å². The molecular formula is C22H28N4O3S.